The van der Waals surface area contributed by atoms with E-state index in [1.807, 2.05) is 0 Å². The molecule has 1 rings (SSSR count). The van der Waals surface area contributed by atoms with Crippen molar-refractivity contribution in [2.24, 2.45) is 5.41 Å². The summed E-state index contributed by atoms with van der Waals surface area (Å²) >= 11 is 0. The summed E-state index contributed by atoms with van der Waals surface area (Å²) in [4.78, 5) is 12.2. The van der Waals surface area contributed by atoms with Gasteiger partial charge in [-0.25, -0.2) is 0 Å². The number of nitrogens with one attached hydrogen (secondary N) is 1. The molecule has 0 spiro atoms. The van der Waals surface area contributed by atoms with Crippen molar-refractivity contribution in [2.45, 2.75) is 46.0 Å². The summed E-state index contributed by atoms with van der Waals surface area (Å²) in [5, 5.41) is 3.35. The molecular weight excluding hydrogens is 186 g/mol. The number of piperidine rings is 1. The minimum absolute atomic E-state index is 0.101. The molecule has 1 atom stereocenters. The number of hydrogen-bond acceptors (Lipinski definition) is 2. The summed E-state index contributed by atoms with van der Waals surface area (Å²) in [5.41, 5.74) is 0.967. The zero-order valence-electron chi connectivity index (χ0n) is 10.1. The van der Waals surface area contributed by atoms with Crippen LogP contribution in [0.5, 0.6) is 0 Å². The zero-order valence-corrected chi connectivity index (χ0v) is 10.1. The maximum absolute atomic E-state index is 12.2. The Morgan fingerprint density at radius 2 is 2.20 bits per heavy atom. The highest BCUT2D eigenvalue weighted by atomic mass is 16.1. The van der Waals surface area contributed by atoms with Crippen LogP contribution in [0.2, 0.25) is 0 Å². The van der Waals surface area contributed by atoms with Gasteiger partial charge in [0.25, 0.3) is 0 Å². The van der Waals surface area contributed by atoms with E-state index >= 15 is 0 Å². The number of rotatable bonds is 5. The smallest absolute Gasteiger partial charge is 0.144 e. The van der Waals surface area contributed by atoms with E-state index in [1.165, 1.54) is 0 Å². The fraction of sp³-hybridized carbons (Fsp3) is 0.769. The Morgan fingerprint density at radius 3 is 2.67 bits per heavy atom. The Bertz CT molecular complexity index is 239. The maximum atomic E-state index is 12.2. The average molecular weight is 209 g/mol. The lowest BCUT2D eigenvalue weighted by molar-refractivity contribution is -0.129. The first-order valence-corrected chi connectivity index (χ1v) is 6.05. The highest BCUT2D eigenvalue weighted by Gasteiger charge is 2.36. The second-order valence-corrected chi connectivity index (χ2v) is 4.62. The van der Waals surface area contributed by atoms with Crippen molar-refractivity contribution in [3.63, 3.8) is 0 Å². The molecule has 0 aromatic carbocycles. The molecule has 0 saturated carbocycles. The number of carbonyl (C=O) groups is 1. The van der Waals surface area contributed by atoms with Gasteiger partial charge in [-0.3, -0.25) is 4.79 Å². The summed E-state index contributed by atoms with van der Waals surface area (Å²) in [6, 6.07) is 0. The molecule has 1 unspecified atom stereocenters. The SMILES string of the molecule is C=C(CC)CC(=O)C1(CC)CCCNC1. The molecule has 0 amide bonds. The van der Waals surface area contributed by atoms with E-state index < -0.39 is 0 Å². The van der Waals surface area contributed by atoms with Crippen molar-refractivity contribution in [2.75, 3.05) is 13.1 Å². The molecule has 2 nitrogen and oxygen atoms in total. The van der Waals surface area contributed by atoms with Crippen LogP contribution in [0, 0.1) is 5.41 Å². The standard InChI is InChI=1S/C13H23NO/c1-4-11(3)9-12(15)13(5-2)7-6-8-14-10-13/h14H,3-10H2,1-2H3. The van der Waals surface area contributed by atoms with Crippen LogP contribution in [0.1, 0.15) is 46.0 Å². The number of hydrogen-bond donors (Lipinski definition) is 1. The minimum atomic E-state index is -0.101. The van der Waals surface area contributed by atoms with Gasteiger partial charge in [0.1, 0.15) is 5.78 Å². The van der Waals surface area contributed by atoms with E-state index in [2.05, 4.69) is 25.7 Å². The molecule has 1 heterocycles. The Hall–Kier alpha value is -0.630. The van der Waals surface area contributed by atoms with E-state index in [9.17, 15) is 4.79 Å². The molecule has 1 aliphatic rings. The Balaban J connectivity index is 2.63. The summed E-state index contributed by atoms with van der Waals surface area (Å²) < 4.78 is 0. The van der Waals surface area contributed by atoms with Crippen molar-refractivity contribution in [3.05, 3.63) is 12.2 Å². The third kappa shape index (κ3) is 2.91. The average Bonchev–Trinajstić information content (AvgIpc) is 2.29. The lowest BCUT2D eigenvalue weighted by Gasteiger charge is -2.35. The summed E-state index contributed by atoms with van der Waals surface area (Å²) in [5.74, 6) is 0.393. The van der Waals surface area contributed by atoms with Crippen molar-refractivity contribution in [3.8, 4) is 0 Å². The molecule has 0 aliphatic carbocycles. The third-order valence-electron chi connectivity index (χ3n) is 3.65. The van der Waals surface area contributed by atoms with Crippen LogP contribution in [0.15, 0.2) is 12.2 Å². The van der Waals surface area contributed by atoms with Gasteiger partial charge in [0.15, 0.2) is 0 Å². The fourth-order valence-corrected chi connectivity index (χ4v) is 2.24. The summed E-state index contributed by atoms with van der Waals surface area (Å²) in [7, 11) is 0. The molecule has 1 fully saturated rings. The van der Waals surface area contributed by atoms with E-state index in [0.717, 1.165) is 44.3 Å². The highest BCUT2D eigenvalue weighted by molar-refractivity contribution is 5.87. The topological polar surface area (TPSA) is 29.1 Å². The highest BCUT2D eigenvalue weighted by Crippen LogP contribution is 2.33. The molecule has 1 saturated heterocycles. The van der Waals surface area contributed by atoms with Gasteiger partial charge in [0, 0.05) is 18.4 Å². The number of allylic oxidation sites excluding steroid dienone is 1. The number of Topliss-reactive ketones (excluding diaryl/α,β-unsaturated/α-hetero) is 1. The van der Waals surface area contributed by atoms with Gasteiger partial charge in [-0.2, -0.15) is 0 Å². The lowest BCUT2D eigenvalue weighted by atomic mass is 9.73. The van der Waals surface area contributed by atoms with E-state index in [1.54, 1.807) is 0 Å². The summed E-state index contributed by atoms with van der Waals surface area (Å²) in [6.45, 7) is 10.0. The minimum Gasteiger partial charge on any atom is -0.316 e. The second-order valence-electron chi connectivity index (χ2n) is 4.62. The quantitative estimate of drug-likeness (QED) is 0.705. The van der Waals surface area contributed by atoms with Crippen LogP contribution < -0.4 is 5.32 Å². The Labute approximate surface area is 93.1 Å². The van der Waals surface area contributed by atoms with Crippen LogP contribution in [0.3, 0.4) is 0 Å². The van der Waals surface area contributed by atoms with Crippen molar-refractivity contribution in [1.82, 2.24) is 5.32 Å². The molecule has 1 aliphatic heterocycles. The van der Waals surface area contributed by atoms with Crippen LogP contribution >= 0.6 is 0 Å². The van der Waals surface area contributed by atoms with E-state index in [4.69, 9.17) is 0 Å². The largest absolute Gasteiger partial charge is 0.316 e. The van der Waals surface area contributed by atoms with Crippen molar-refractivity contribution in [1.29, 1.82) is 0 Å². The molecule has 15 heavy (non-hydrogen) atoms. The first-order valence-electron chi connectivity index (χ1n) is 6.05. The molecule has 0 aromatic rings. The van der Waals surface area contributed by atoms with Crippen LogP contribution in [-0.4, -0.2) is 18.9 Å². The maximum Gasteiger partial charge on any atom is 0.144 e. The zero-order chi connectivity index (χ0) is 11.3. The molecule has 0 bridgehead atoms. The first kappa shape index (κ1) is 12.4. The normalized spacial score (nSPS) is 26.3. The molecule has 0 aromatic heterocycles. The molecule has 86 valence electrons. The van der Waals surface area contributed by atoms with Gasteiger partial charge in [0.05, 0.1) is 0 Å². The van der Waals surface area contributed by atoms with Gasteiger partial charge in [-0.15, -0.1) is 0 Å². The van der Waals surface area contributed by atoms with E-state index in [0.29, 0.717) is 12.2 Å². The van der Waals surface area contributed by atoms with Gasteiger partial charge in [0.2, 0.25) is 0 Å². The lowest BCUT2D eigenvalue weighted by Crippen LogP contribution is -2.45. The Kier molecular flexibility index (Phi) is 4.52. The monoisotopic (exact) mass is 209 g/mol. The molecular formula is C13H23NO. The van der Waals surface area contributed by atoms with Crippen molar-refractivity contribution >= 4 is 5.78 Å². The fourth-order valence-electron chi connectivity index (χ4n) is 2.24. The van der Waals surface area contributed by atoms with Gasteiger partial charge in [-0.1, -0.05) is 26.0 Å². The predicted octanol–water partition coefficient (Wildman–Crippen LogP) is 2.69. The van der Waals surface area contributed by atoms with Crippen LogP contribution in [0.25, 0.3) is 0 Å². The van der Waals surface area contributed by atoms with Gasteiger partial charge >= 0.3 is 0 Å². The van der Waals surface area contributed by atoms with Gasteiger partial charge < -0.3 is 5.32 Å². The van der Waals surface area contributed by atoms with Gasteiger partial charge in [-0.05, 0) is 32.2 Å². The second kappa shape index (κ2) is 5.45. The van der Waals surface area contributed by atoms with Crippen LogP contribution in [-0.2, 0) is 4.79 Å². The number of ketones is 1. The molecule has 0 radical (unpaired) electrons. The van der Waals surface area contributed by atoms with E-state index in [-0.39, 0.29) is 5.41 Å². The molecule has 2 heteroatoms. The van der Waals surface area contributed by atoms with Crippen LogP contribution in [0.4, 0.5) is 0 Å². The summed E-state index contributed by atoms with van der Waals surface area (Å²) in [6.07, 6.45) is 4.62. The predicted molar refractivity (Wildman–Crippen MR) is 63.9 cm³/mol. The first-order chi connectivity index (χ1) is 7.14. The van der Waals surface area contributed by atoms with Crippen molar-refractivity contribution < 1.29 is 4.79 Å². The third-order valence-corrected chi connectivity index (χ3v) is 3.65. The molecule has 1 N–H and O–H groups in total. The number of carbonyl (C=O) groups excluding carboxylic acids is 1. The Morgan fingerprint density at radius 1 is 1.47 bits per heavy atom.